The Hall–Kier alpha value is 0.997. The van der Waals surface area contributed by atoms with Gasteiger partial charge in [-0.25, -0.2) is 0 Å². The van der Waals surface area contributed by atoms with Crippen LogP contribution in [-0.2, 0) is 5.41 Å². The van der Waals surface area contributed by atoms with Gasteiger partial charge in [0.25, 0.3) is 0 Å². The standard InChI is InChI=1S/C29H44S2.6C4H9.2Sn/c1-21(2)9-7-11-23(5)13-17-29(18-14-24(6)12-8-10-22(3)4)25-15-19-30-27(25)28-26(29)16-20-31-28;6*1-3-4-2;;/h15-16,21-24H,7-14,17-18H2,1-6H3;6*1,3-4H2,2H3;;/t23-,24-;;;;;;;;/m0......../s1. The maximum atomic E-state index is 3.03. The summed E-state index contributed by atoms with van der Waals surface area (Å²) < 4.78 is 13.6. The molecule has 0 nitrogen and oxygen atoms in total. The van der Waals surface area contributed by atoms with Crippen LogP contribution in [0.4, 0.5) is 0 Å². The van der Waals surface area contributed by atoms with E-state index >= 15 is 0 Å². The molecule has 330 valence electrons. The van der Waals surface area contributed by atoms with E-state index in [4.69, 9.17) is 0 Å². The SMILES string of the molecule is CCC[CH2][Sn]([CH2]CCC)([CH2]CCC)[c]1cc2c(s1)-c1s[c]([Sn]([CH2]CCC)([CH2]CCC)[CH2]CCC)cc1C2(CC[C@@H](C)CCCC(C)C)CC[C@@H](C)CCCC(C)C. The fourth-order valence-corrected chi connectivity index (χ4v) is 51.7. The van der Waals surface area contributed by atoms with Gasteiger partial charge in [-0.15, -0.1) is 0 Å². The number of rotatable bonds is 34. The van der Waals surface area contributed by atoms with Gasteiger partial charge in [-0.3, -0.25) is 0 Å². The van der Waals surface area contributed by atoms with Crippen LogP contribution >= 0.6 is 22.7 Å². The Bertz CT molecular complexity index is 1200. The summed E-state index contributed by atoms with van der Waals surface area (Å²) in [5.74, 6) is 3.30. The summed E-state index contributed by atoms with van der Waals surface area (Å²) >= 11 is -0.359. The van der Waals surface area contributed by atoms with Crippen molar-refractivity contribution in [2.45, 2.75) is 256 Å². The van der Waals surface area contributed by atoms with Crippen LogP contribution in [0.25, 0.3) is 9.75 Å². The molecule has 0 spiro atoms. The Morgan fingerprint density at radius 1 is 0.421 bits per heavy atom. The fourth-order valence-electron chi connectivity index (χ4n) is 10.8. The first kappa shape index (κ1) is 52.3. The molecule has 0 amide bonds. The quantitative estimate of drug-likeness (QED) is 0.0613. The van der Waals surface area contributed by atoms with Gasteiger partial charge in [0.1, 0.15) is 0 Å². The molecule has 2 aromatic rings. The third kappa shape index (κ3) is 15.1. The minimum atomic E-state index is -2.61. The predicted molar refractivity (Wildman–Crippen MR) is 272 cm³/mol. The van der Waals surface area contributed by atoms with Crippen molar-refractivity contribution in [3.63, 3.8) is 0 Å². The van der Waals surface area contributed by atoms with Gasteiger partial charge >= 0.3 is 378 Å². The summed E-state index contributed by atoms with van der Waals surface area (Å²) in [6.07, 6.45) is 31.1. The van der Waals surface area contributed by atoms with Gasteiger partial charge in [-0.2, -0.15) is 0 Å². The second-order valence-electron chi connectivity index (χ2n) is 20.9. The first-order chi connectivity index (χ1) is 27.4. The second-order valence-corrected chi connectivity index (χ2v) is 51.3. The zero-order chi connectivity index (χ0) is 41.9. The molecule has 1 aliphatic carbocycles. The molecule has 0 radical (unpaired) electrons. The molecule has 0 aromatic carbocycles. The van der Waals surface area contributed by atoms with Crippen LogP contribution in [-0.4, -0.2) is 36.8 Å². The summed E-state index contributed by atoms with van der Waals surface area (Å²) in [5, 5.41) is 0. The number of unbranched alkanes of at least 4 members (excludes halogenated alkanes) is 6. The van der Waals surface area contributed by atoms with Gasteiger partial charge in [0.2, 0.25) is 0 Å². The van der Waals surface area contributed by atoms with E-state index < -0.39 is 36.8 Å². The number of fused-ring (bicyclic) bond motifs is 3. The molecule has 57 heavy (non-hydrogen) atoms. The zero-order valence-electron chi connectivity index (χ0n) is 40.6. The van der Waals surface area contributed by atoms with E-state index in [9.17, 15) is 0 Å². The van der Waals surface area contributed by atoms with Crippen molar-refractivity contribution in [2.75, 3.05) is 0 Å². The number of hydrogen-bond acceptors (Lipinski definition) is 2. The third-order valence-corrected chi connectivity index (χ3v) is 53.7. The Labute approximate surface area is 374 Å². The summed E-state index contributed by atoms with van der Waals surface area (Å²) in [5.41, 5.74) is 3.99. The summed E-state index contributed by atoms with van der Waals surface area (Å²) in [4.78, 5) is 3.65. The van der Waals surface area contributed by atoms with E-state index in [1.165, 1.54) is 141 Å². The van der Waals surface area contributed by atoms with E-state index in [-0.39, 0.29) is 5.41 Å². The molecule has 0 saturated carbocycles. The Balaban J connectivity index is 2.32. The van der Waals surface area contributed by atoms with Crippen molar-refractivity contribution in [2.24, 2.45) is 23.7 Å². The van der Waals surface area contributed by atoms with Crippen molar-refractivity contribution >= 4 is 65.2 Å². The molecule has 0 unspecified atom stereocenters. The molecule has 3 rings (SSSR count). The van der Waals surface area contributed by atoms with Crippen LogP contribution in [0, 0.1) is 23.7 Å². The van der Waals surface area contributed by atoms with Crippen LogP contribution in [0.2, 0.25) is 26.6 Å². The molecular formula is C53H98S2Sn2. The average molecular weight is 1040 g/mol. The summed E-state index contributed by atoms with van der Waals surface area (Å²) in [7, 11) is 0. The molecule has 2 heterocycles. The van der Waals surface area contributed by atoms with Gasteiger partial charge in [-0.1, -0.05) is 0 Å². The van der Waals surface area contributed by atoms with Gasteiger partial charge in [0.15, 0.2) is 0 Å². The molecule has 2 atom stereocenters. The number of thiophene rings is 2. The van der Waals surface area contributed by atoms with Crippen LogP contribution in [0.15, 0.2) is 12.1 Å². The van der Waals surface area contributed by atoms with Crippen molar-refractivity contribution in [1.82, 2.24) is 0 Å². The van der Waals surface area contributed by atoms with Crippen molar-refractivity contribution in [3.05, 3.63) is 23.3 Å². The van der Waals surface area contributed by atoms with E-state index in [0.29, 0.717) is 0 Å². The van der Waals surface area contributed by atoms with Gasteiger partial charge < -0.3 is 0 Å². The van der Waals surface area contributed by atoms with E-state index in [1.54, 1.807) is 26.6 Å². The van der Waals surface area contributed by atoms with Gasteiger partial charge in [0.05, 0.1) is 0 Å². The molecule has 1 aliphatic rings. The van der Waals surface area contributed by atoms with E-state index in [0.717, 1.165) is 23.7 Å². The fraction of sp³-hybridized carbons (Fsp3) is 0.849. The summed E-state index contributed by atoms with van der Waals surface area (Å²) in [6, 6.07) is 6.05. The first-order valence-corrected chi connectivity index (χ1v) is 42.3. The normalized spacial score (nSPS) is 15.2. The van der Waals surface area contributed by atoms with Gasteiger partial charge in [-0.05, 0) is 0 Å². The van der Waals surface area contributed by atoms with Crippen molar-refractivity contribution in [3.8, 4) is 9.75 Å². The second kappa shape index (κ2) is 27.2. The molecule has 0 fully saturated rings. The van der Waals surface area contributed by atoms with Crippen LogP contribution in [0.1, 0.15) is 235 Å². The molecule has 0 aliphatic heterocycles. The minimum absolute atomic E-state index is 0.239. The molecule has 4 heteroatoms. The molecule has 0 saturated heterocycles. The molecule has 2 aromatic heterocycles. The average Bonchev–Trinajstić information content (AvgIpc) is 3.89. The summed E-state index contributed by atoms with van der Waals surface area (Å²) in [6.45, 7) is 29.7. The van der Waals surface area contributed by atoms with Crippen molar-refractivity contribution < 1.29 is 0 Å². The van der Waals surface area contributed by atoms with Crippen LogP contribution in [0.5, 0.6) is 0 Å². The molecule has 0 bridgehead atoms. The third-order valence-electron chi connectivity index (χ3n) is 14.9. The zero-order valence-corrected chi connectivity index (χ0v) is 47.9. The first-order valence-electron chi connectivity index (χ1n) is 25.7. The molecule has 0 N–H and O–H groups in total. The predicted octanol–water partition coefficient (Wildman–Crippen LogP) is 18.7. The monoisotopic (exact) mass is 1040 g/mol. The van der Waals surface area contributed by atoms with Crippen molar-refractivity contribution in [1.29, 1.82) is 0 Å². The van der Waals surface area contributed by atoms with Crippen LogP contribution < -0.4 is 5.79 Å². The van der Waals surface area contributed by atoms with Gasteiger partial charge in [0, 0.05) is 0 Å². The molecular weight excluding hydrogens is 938 g/mol. The van der Waals surface area contributed by atoms with E-state index in [2.05, 4.69) is 118 Å². The Morgan fingerprint density at radius 3 is 0.982 bits per heavy atom. The van der Waals surface area contributed by atoms with Crippen LogP contribution in [0.3, 0.4) is 0 Å². The maximum absolute atomic E-state index is 3.03. The Morgan fingerprint density at radius 2 is 0.719 bits per heavy atom. The van der Waals surface area contributed by atoms with E-state index in [1.807, 2.05) is 26.7 Å². The number of hydrogen-bond donors (Lipinski definition) is 0. The Kier molecular flexibility index (Phi) is 25.0. The topological polar surface area (TPSA) is 0 Å².